The van der Waals surface area contributed by atoms with Gasteiger partial charge in [-0.2, -0.15) is 4.31 Å². The van der Waals surface area contributed by atoms with Gasteiger partial charge in [0, 0.05) is 13.1 Å². The van der Waals surface area contributed by atoms with Crippen molar-refractivity contribution in [2.75, 3.05) is 26.5 Å². The maximum Gasteiger partial charge on any atom is 0.238 e. The van der Waals surface area contributed by atoms with E-state index in [0.717, 1.165) is 30.4 Å². The highest BCUT2D eigenvalue weighted by Crippen LogP contribution is 2.20. The van der Waals surface area contributed by atoms with Crippen molar-refractivity contribution in [1.82, 2.24) is 9.62 Å². The fraction of sp³-hybridized carbons (Fsp3) is 0.562. The van der Waals surface area contributed by atoms with Crippen LogP contribution in [0.15, 0.2) is 24.3 Å². The SMILES string of the molecule is COc1cccc(CCNC(=O)C2CCCCN2S(C)(=O)=O)c1. The Morgan fingerprint density at radius 2 is 2.17 bits per heavy atom. The number of benzene rings is 1. The molecule has 0 aliphatic carbocycles. The van der Waals surface area contributed by atoms with E-state index in [1.807, 2.05) is 24.3 Å². The van der Waals surface area contributed by atoms with Gasteiger partial charge in [0.2, 0.25) is 15.9 Å². The van der Waals surface area contributed by atoms with Crippen molar-refractivity contribution in [3.63, 3.8) is 0 Å². The number of methoxy groups -OCH3 is 1. The molecule has 1 heterocycles. The van der Waals surface area contributed by atoms with Gasteiger partial charge in [-0.05, 0) is 37.0 Å². The predicted octanol–water partition coefficient (Wildman–Crippen LogP) is 1.17. The Morgan fingerprint density at radius 3 is 2.87 bits per heavy atom. The molecule has 1 aliphatic heterocycles. The molecule has 1 N–H and O–H groups in total. The number of nitrogens with zero attached hydrogens (tertiary/aromatic N) is 1. The number of amides is 1. The van der Waals surface area contributed by atoms with Crippen LogP contribution in [0.1, 0.15) is 24.8 Å². The zero-order valence-electron chi connectivity index (χ0n) is 13.6. The van der Waals surface area contributed by atoms with Crippen molar-refractivity contribution in [2.45, 2.75) is 31.7 Å². The van der Waals surface area contributed by atoms with E-state index in [1.54, 1.807) is 7.11 Å². The van der Waals surface area contributed by atoms with Gasteiger partial charge in [0.05, 0.1) is 13.4 Å². The van der Waals surface area contributed by atoms with Crippen molar-refractivity contribution in [2.24, 2.45) is 0 Å². The normalized spacial score (nSPS) is 19.3. The van der Waals surface area contributed by atoms with E-state index in [2.05, 4.69) is 5.32 Å². The van der Waals surface area contributed by atoms with E-state index in [-0.39, 0.29) is 5.91 Å². The predicted molar refractivity (Wildman–Crippen MR) is 88.9 cm³/mol. The van der Waals surface area contributed by atoms with E-state index in [9.17, 15) is 13.2 Å². The monoisotopic (exact) mass is 340 g/mol. The number of rotatable bonds is 6. The van der Waals surface area contributed by atoms with Crippen LogP contribution in [0.25, 0.3) is 0 Å². The minimum absolute atomic E-state index is 0.210. The molecule has 1 aromatic carbocycles. The maximum atomic E-state index is 12.3. The fourth-order valence-electron chi connectivity index (χ4n) is 2.84. The van der Waals surface area contributed by atoms with Crippen molar-refractivity contribution < 1.29 is 17.9 Å². The highest BCUT2D eigenvalue weighted by Gasteiger charge is 2.34. The van der Waals surface area contributed by atoms with Gasteiger partial charge in [-0.15, -0.1) is 0 Å². The minimum atomic E-state index is -3.35. The Kier molecular flexibility index (Phi) is 6.01. The van der Waals surface area contributed by atoms with E-state index in [0.29, 0.717) is 25.9 Å². The molecular formula is C16H24N2O4S. The summed E-state index contributed by atoms with van der Waals surface area (Å²) in [4.78, 5) is 12.3. The lowest BCUT2D eigenvalue weighted by atomic mass is 10.0. The van der Waals surface area contributed by atoms with E-state index >= 15 is 0 Å². The summed E-state index contributed by atoms with van der Waals surface area (Å²) < 4.78 is 30.1. The molecule has 0 bridgehead atoms. The zero-order valence-corrected chi connectivity index (χ0v) is 14.4. The fourth-order valence-corrected chi connectivity index (χ4v) is 3.96. The summed E-state index contributed by atoms with van der Waals surface area (Å²) in [5.41, 5.74) is 1.06. The highest BCUT2D eigenvalue weighted by atomic mass is 32.2. The lowest BCUT2D eigenvalue weighted by Crippen LogP contribution is -2.51. The molecule has 0 aromatic heterocycles. The summed E-state index contributed by atoms with van der Waals surface area (Å²) in [7, 11) is -1.74. The van der Waals surface area contributed by atoms with Gasteiger partial charge in [0.1, 0.15) is 11.8 Å². The number of hydrogen-bond acceptors (Lipinski definition) is 4. The molecule has 1 aromatic rings. The number of piperidine rings is 1. The lowest BCUT2D eigenvalue weighted by molar-refractivity contribution is -0.125. The van der Waals surface area contributed by atoms with Crippen LogP contribution in [0.4, 0.5) is 0 Å². The van der Waals surface area contributed by atoms with Crippen LogP contribution in [-0.2, 0) is 21.2 Å². The molecule has 7 heteroatoms. The molecule has 23 heavy (non-hydrogen) atoms. The third kappa shape index (κ3) is 4.94. The van der Waals surface area contributed by atoms with Crippen LogP contribution >= 0.6 is 0 Å². The van der Waals surface area contributed by atoms with Crippen LogP contribution < -0.4 is 10.1 Å². The zero-order chi connectivity index (χ0) is 16.9. The van der Waals surface area contributed by atoms with Gasteiger partial charge in [0.15, 0.2) is 0 Å². The molecule has 1 saturated heterocycles. The molecular weight excluding hydrogens is 316 g/mol. The Morgan fingerprint density at radius 1 is 1.39 bits per heavy atom. The Balaban J connectivity index is 1.90. The summed E-state index contributed by atoms with van der Waals surface area (Å²) in [5, 5.41) is 2.85. The summed E-state index contributed by atoms with van der Waals surface area (Å²) in [6, 6.07) is 7.09. The largest absolute Gasteiger partial charge is 0.497 e. The number of sulfonamides is 1. The Bertz CT molecular complexity index is 645. The van der Waals surface area contributed by atoms with Crippen LogP contribution in [0, 0.1) is 0 Å². The molecule has 1 fully saturated rings. The van der Waals surface area contributed by atoms with Gasteiger partial charge in [-0.1, -0.05) is 18.6 Å². The summed E-state index contributed by atoms with van der Waals surface area (Å²) in [6.07, 6.45) is 4.10. The maximum absolute atomic E-state index is 12.3. The van der Waals surface area contributed by atoms with Crippen molar-refractivity contribution in [3.8, 4) is 5.75 Å². The van der Waals surface area contributed by atoms with E-state index in [1.165, 1.54) is 4.31 Å². The molecule has 0 saturated carbocycles. The second-order valence-corrected chi connectivity index (χ2v) is 7.71. The first-order valence-electron chi connectivity index (χ1n) is 7.79. The van der Waals surface area contributed by atoms with Gasteiger partial charge < -0.3 is 10.1 Å². The van der Waals surface area contributed by atoms with Gasteiger partial charge in [-0.25, -0.2) is 8.42 Å². The first-order valence-corrected chi connectivity index (χ1v) is 9.64. The molecule has 1 atom stereocenters. The number of ether oxygens (including phenoxy) is 1. The summed E-state index contributed by atoms with van der Waals surface area (Å²) in [5.74, 6) is 0.572. The van der Waals surface area contributed by atoms with Crippen LogP contribution in [-0.4, -0.2) is 51.1 Å². The minimum Gasteiger partial charge on any atom is -0.497 e. The van der Waals surface area contributed by atoms with Gasteiger partial charge >= 0.3 is 0 Å². The Labute approximate surface area is 137 Å². The molecule has 0 spiro atoms. The highest BCUT2D eigenvalue weighted by molar-refractivity contribution is 7.88. The lowest BCUT2D eigenvalue weighted by Gasteiger charge is -2.32. The third-order valence-electron chi connectivity index (χ3n) is 4.03. The number of carbonyl (C=O) groups is 1. The summed E-state index contributed by atoms with van der Waals surface area (Å²) in [6.45, 7) is 0.896. The standard InChI is InChI=1S/C16H24N2O4S/c1-22-14-7-5-6-13(12-14)9-10-17-16(19)15-8-3-4-11-18(15)23(2,20)21/h5-7,12,15H,3-4,8-11H2,1-2H3,(H,17,19). The third-order valence-corrected chi connectivity index (χ3v) is 5.32. The molecule has 1 amide bonds. The first kappa shape index (κ1) is 17.7. The van der Waals surface area contributed by atoms with Gasteiger partial charge in [0.25, 0.3) is 0 Å². The molecule has 0 radical (unpaired) electrons. The molecule has 1 unspecified atom stereocenters. The smallest absolute Gasteiger partial charge is 0.238 e. The average molecular weight is 340 g/mol. The average Bonchev–Trinajstić information content (AvgIpc) is 2.54. The molecule has 1 aliphatic rings. The van der Waals surface area contributed by atoms with Crippen LogP contribution in [0.2, 0.25) is 0 Å². The van der Waals surface area contributed by atoms with Gasteiger partial charge in [-0.3, -0.25) is 4.79 Å². The van der Waals surface area contributed by atoms with Crippen LogP contribution in [0.3, 0.4) is 0 Å². The first-order chi connectivity index (χ1) is 10.9. The van der Waals surface area contributed by atoms with E-state index in [4.69, 9.17) is 4.74 Å². The molecule has 128 valence electrons. The quantitative estimate of drug-likeness (QED) is 0.843. The second kappa shape index (κ2) is 7.79. The van der Waals surface area contributed by atoms with Crippen molar-refractivity contribution >= 4 is 15.9 Å². The number of hydrogen-bond donors (Lipinski definition) is 1. The molecule has 2 rings (SSSR count). The molecule has 6 nitrogen and oxygen atoms in total. The number of carbonyl (C=O) groups excluding carboxylic acids is 1. The van der Waals surface area contributed by atoms with Crippen molar-refractivity contribution in [1.29, 1.82) is 0 Å². The van der Waals surface area contributed by atoms with Crippen LogP contribution in [0.5, 0.6) is 5.75 Å². The topological polar surface area (TPSA) is 75.7 Å². The second-order valence-electron chi connectivity index (χ2n) is 5.78. The number of nitrogens with one attached hydrogen (secondary N) is 1. The Hall–Kier alpha value is -1.60. The summed E-state index contributed by atoms with van der Waals surface area (Å²) >= 11 is 0. The van der Waals surface area contributed by atoms with E-state index < -0.39 is 16.1 Å². The van der Waals surface area contributed by atoms with Crippen molar-refractivity contribution in [3.05, 3.63) is 29.8 Å².